The van der Waals surface area contributed by atoms with E-state index in [-0.39, 0.29) is 3.66 Å². The number of hydrogen-bond acceptors (Lipinski definition) is 2. The van der Waals surface area contributed by atoms with Crippen molar-refractivity contribution in [3.8, 4) is 6.07 Å². The van der Waals surface area contributed by atoms with Gasteiger partial charge < -0.3 is 0 Å². The summed E-state index contributed by atoms with van der Waals surface area (Å²) in [6.45, 7) is 0. The van der Waals surface area contributed by atoms with Gasteiger partial charge in [-0.25, -0.2) is 0 Å². The number of hydrogen-bond donors (Lipinski definition) is 0. The molecule has 1 unspecified atom stereocenters. The molecular formula is C6H5Br2NS. The fourth-order valence-electron chi connectivity index (χ4n) is 0.676. The molecule has 0 aromatic heterocycles. The highest BCUT2D eigenvalue weighted by Gasteiger charge is 2.31. The number of thioether (sulfide) groups is 1. The van der Waals surface area contributed by atoms with E-state index in [0.717, 1.165) is 16.7 Å². The molecule has 0 aromatic carbocycles. The highest BCUT2D eigenvalue weighted by atomic mass is 79.9. The van der Waals surface area contributed by atoms with Crippen molar-refractivity contribution in [1.29, 1.82) is 5.26 Å². The molecule has 0 spiro atoms. The lowest BCUT2D eigenvalue weighted by Crippen LogP contribution is -2.12. The van der Waals surface area contributed by atoms with E-state index in [0.29, 0.717) is 0 Å². The second-order valence-electron chi connectivity index (χ2n) is 2.00. The minimum absolute atomic E-state index is 0.0397. The van der Waals surface area contributed by atoms with Crippen LogP contribution < -0.4 is 0 Å². The lowest BCUT2D eigenvalue weighted by Gasteiger charge is -2.15. The van der Waals surface area contributed by atoms with Crippen LogP contribution in [0.4, 0.5) is 0 Å². The fourth-order valence-corrected chi connectivity index (χ4v) is 2.76. The minimum atomic E-state index is 0.0397. The van der Waals surface area contributed by atoms with Crippen molar-refractivity contribution in [3.63, 3.8) is 0 Å². The zero-order valence-electron chi connectivity index (χ0n) is 5.10. The fraction of sp³-hybridized carbons (Fsp3) is 0.500. The molecule has 0 saturated carbocycles. The summed E-state index contributed by atoms with van der Waals surface area (Å²) in [6, 6.07) is 2.13. The first kappa shape index (κ1) is 8.63. The Morgan fingerprint density at radius 1 is 1.90 bits per heavy atom. The number of rotatable bonds is 1. The van der Waals surface area contributed by atoms with Gasteiger partial charge in [-0.15, -0.1) is 0 Å². The van der Waals surface area contributed by atoms with Gasteiger partial charge in [0.25, 0.3) is 0 Å². The van der Waals surface area contributed by atoms with Crippen LogP contribution in [0.15, 0.2) is 11.0 Å². The van der Waals surface area contributed by atoms with Crippen LogP contribution in [0.5, 0.6) is 0 Å². The van der Waals surface area contributed by atoms with Gasteiger partial charge in [-0.05, 0) is 6.42 Å². The molecule has 1 atom stereocenters. The summed E-state index contributed by atoms with van der Waals surface area (Å²) in [4.78, 5) is 0.816. The Labute approximate surface area is 81.1 Å². The summed E-state index contributed by atoms with van der Waals surface area (Å²) in [5, 5.41) is 9.39. The summed E-state index contributed by atoms with van der Waals surface area (Å²) >= 11 is 8.50. The Bertz CT molecular complexity index is 208. The number of alkyl halides is 2. The molecule has 0 amide bonds. The number of halogens is 2. The first-order chi connectivity index (χ1) is 4.70. The summed E-state index contributed by atoms with van der Waals surface area (Å²) in [5.74, 6) is 0. The molecule has 1 heterocycles. The quantitative estimate of drug-likeness (QED) is 0.691. The van der Waals surface area contributed by atoms with Gasteiger partial charge in [0.15, 0.2) is 0 Å². The molecule has 1 rings (SSSR count). The molecule has 0 N–H and O–H groups in total. The van der Waals surface area contributed by atoms with Gasteiger partial charge in [-0.1, -0.05) is 49.7 Å². The molecule has 0 radical (unpaired) electrons. The van der Waals surface area contributed by atoms with E-state index in [1.807, 2.05) is 6.08 Å². The van der Waals surface area contributed by atoms with Crippen LogP contribution in [0.25, 0.3) is 0 Å². The largest absolute Gasteiger partial charge is 0.192 e. The molecule has 1 aliphatic rings. The Balaban J connectivity index is 2.60. The van der Waals surface area contributed by atoms with Gasteiger partial charge in [-0.3, -0.25) is 0 Å². The van der Waals surface area contributed by atoms with E-state index in [1.54, 1.807) is 11.8 Å². The van der Waals surface area contributed by atoms with E-state index < -0.39 is 0 Å². The smallest absolute Gasteiger partial charge is 0.106 e. The molecule has 1 nitrogen and oxygen atoms in total. The zero-order chi connectivity index (χ0) is 7.61. The molecule has 0 aliphatic carbocycles. The van der Waals surface area contributed by atoms with E-state index in [2.05, 4.69) is 37.9 Å². The van der Waals surface area contributed by atoms with E-state index >= 15 is 0 Å². The molecule has 4 heteroatoms. The average molecular weight is 283 g/mol. The van der Waals surface area contributed by atoms with Crippen LogP contribution in [-0.2, 0) is 0 Å². The van der Waals surface area contributed by atoms with Crippen molar-refractivity contribution < 1.29 is 0 Å². The number of nitriles is 1. The predicted molar refractivity (Wildman–Crippen MR) is 51.4 cm³/mol. The van der Waals surface area contributed by atoms with Gasteiger partial charge in [0, 0.05) is 5.33 Å². The third-order valence-corrected chi connectivity index (χ3v) is 5.52. The molecule has 0 aromatic rings. The Morgan fingerprint density at radius 2 is 2.60 bits per heavy atom. The summed E-state index contributed by atoms with van der Waals surface area (Å²) < 4.78 is 0.0397. The molecule has 0 saturated heterocycles. The second-order valence-corrected chi connectivity index (χ2v) is 6.03. The lowest BCUT2D eigenvalue weighted by molar-refractivity contribution is 0.970. The van der Waals surface area contributed by atoms with Gasteiger partial charge in [0.05, 0.1) is 8.56 Å². The zero-order valence-corrected chi connectivity index (χ0v) is 9.09. The van der Waals surface area contributed by atoms with Crippen LogP contribution in [0.2, 0.25) is 0 Å². The maximum atomic E-state index is 8.52. The first-order valence-corrected chi connectivity index (χ1v) is 5.47. The maximum absolute atomic E-state index is 8.52. The van der Waals surface area contributed by atoms with Crippen LogP contribution in [0, 0.1) is 11.3 Å². The van der Waals surface area contributed by atoms with E-state index in [9.17, 15) is 0 Å². The van der Waals surface area contributed by atoms with Gasteiger partial charge >= 0.3 is 0 Å². The second kappa shape index (κ2) is 3.29. The third-order valence-electron chi connectivity index (χ3n) is 1.19. The van der Waals surface area contributed by atoms with Crippen molar-refractivity contribution >= 4 is 43.6 Å². The molecular weight excluding hydrogens is 278 g/mol. The average Bonchev–Trinajstić information content (AvgIpc) is 2.33. The summed E-state index contributed by atoms with van der Waals surface area (Å²) in [5.41, 5.74) is 0. The highest BCUT2D eigenvalue weighted by Crippen LogP contribution is 2.47. The van der Waals surface area contributed by atoms with Crippen LogP contribution in [0.3, 0.4) is 0 Å². The van der Waals surface area contributed by atoms with Crippen molar-refractivity contribution in [3.05, 3.63) is 11.0 Å². The van der Waals surface area contributed by atoms with Crippen LogP contribution in [0.1, 0.15) is 6.42 Å². The number of allylic oxidation sites excluding steroid dienone is 2. The topological polar surface area (TPSA) is 23.8 Å². The van der Waals surface area contributed by atoms with Crippen LogP contribution in [-0.4, -0.2) is 8.99 Å². The van der Waals surface area contributed by atoms with Gasteiger partial charge in [0.1, 0.15) is 6.07 Å². The minimum Gasteiger partial charge on any atom is -0.192 e. The Kier molecular flexibility index (Phi) is 2.84. The number of nitrogens with zero attached hydrogens (tertiary/aromatic N) is 1. The predicted octanol–water partition coefficient (Wildman–Crippen LogP) is 3.02. The normalized spacial score (nSPS) is 31.5. The SMILES string of the molecule is N#CC1=CCC(Br)(CBr)S1. The molecule has 0 fully saturated rings. The van der Waals surface area contributed by atoms with Crippen molar-refractivity contribution in [2.24, 2.45) is 0 Å². The monoisotopic (exact) mass is 281 g/mol. The van der Waals surface area contributed by atoms with Crippen molar-refractivity contribution in [1.82, 2.24) is 0 Å². The Hall–Kier alpha value is 0.540. The first-order valence-electron chi connectivity index (χ1n) is 2.74. The molecule has 1 aliphatic heterocycles. The molecule has 0 bridgehead atoms. The van der Waals surface area contributed by atoms with Crippen molar-refractivity contribution in [2.75, 3.05) is 5.33 Å². The van der Waals surface area contributed by atoms with Gasteiger partial charge in [-0.2, -0.15) is 5.26 Å². The van der Waals surface area contributed by atoms with Crippen LogP contribution >= 0.6 is 43.6 Å². The summed E-state index contributed by atoms with van der Waals surface area (Å²) in [6.07, 6.45) is 2.88. The standard InChI is InChI=1S/C6H5Br2NS/c7-4-6(8)2-1-5(3-9)10-6/h1H,2,4H2. The Morgan fingerprint density at radius 3 is 2.90 bits per heavy atom. The highest BCUT2D eigenvalue weighted by molar-refractivity contribution is 9.13. The summed E-state index contributed by atoms with van der Waals surface area (Å²) in [7, 11) is 0. The third kappa shape index (κ3) is 1.77. The maximum Gasteiger partial charge on any atom is 0.106 e. The van der Waals surface area contributed by atoms with Crippen molar-refractivity contribution in [2.45, 2.75) is 10.1 Å². The molecule has 54 valence electrons. The van der Waals surface area contributed by atoms with E-state index in [1.165, 1.54) is 0 Å². The molecule has 10 heavy (non-hydrogen) atoms. The van der Waals surface area contributed by atoms with Gasteiger partial charge in [0.2, 0.25) is 0 Å². The lowest BCUT2D eigenvalue weighted by atomic mass is 10.3. The van der Waals surface area contributed by atoms with E-state index in [4.69, 9.17) is 5.26 Å².